The molecule has 0 spiro atoms. The average Bonchev–Trinajstić information content (AvgIpc) is 3.26. The molecule has 0 saturated carbocycles. The van der Waals surface area contributed by atoms with E-state index in [0.29, 0.717) is 18.5 Å². The van der Waals surface area contributed by atoms with Crippen molar-refractivity contribution < 1.29 is 14.4 Å². The first-order valence-corrected chi connectivity index (χ1v) is 9.84. The summed E-state index contributed by atoms with van der Waals surface area (Å²) in [5.74, 6) is -0.778. The van der Waals surface area contributed by atoms with E-state index in [-0.39, 0.29) is 29.7 Å². The number of carbonyl (C=O) groups excluding carboxylic acids is 3. The zero-order valence-electron chi connectivity index (χ0n) is 15.9. The molecule has 148 valence electrons. The molecule has 3 amide bonds. The van der Waals surface area contributed by atoms with Gasteiger partial charge in [0, 0.05) is 37.2 Å². The summed E-state index contributed by atoms with van der Waals surface area (Å²) in [4.78, 5) is 37.9. The number of nitrogens with zero attached hydrogens (tertiary/aromatic N) is 1. The van der Waals surface area contributed by atoms with Crippen LogP contribution in [-0.4, -0.2) is 47.3 Å². The van der Waals surface area contributed by atoms with E-state index < -0.39 is 6.04 Å². The minimum atomic E-state index is -0.570. The Hall–Kier alpha value is -2.51. The highest BCUT2D eigenvalue weighted by molar-refractivity contribution is 6.05. The molecule has 1 aromatic rings. The summed E-state index contributed by atoms with van der Waals surface area (Å²) >= 11 is 0. The molecule has 3 heterocycles. The molecular formula is C21H26N4O3. The lowest BCUT2D eigenvalue weighted by molar-refractivity contribution is -0.136. The van der Waals surface area contributed by atoms with Gasteiger partial charge >= 0.3 is 0 Å². The second-order valence-corrected chi connectivity index (χ2v) is 7.94. The van der Waals surface area contributed by atoms with Gasteiger partial charge in [-0.05, 0) is 43.0 Å². The predicted octanol–water partition coefficient (Wildman–Crippen LogP) is 0.845. The van der Waals surface area contributed by atoms with Crippen LogP contribution < -0.4 is 16.0 Å². The first-order valence-electron chi connectivity index (χ1n) is 9.84. The summed E-state index contributed by atoms with van der Waals surface area (Å²) in [6.07, 6.45) is 4.58. The Kier molecular flexibility index (Phi) is 5.03. The molecule has 2 atom stereocenters. The predicted molar refractivity (Wildman–Crippen MR) is 104 cm³/mol. The lowest BCUT2D eigenvalue weighted by Crippen LogP contribution is -2.52. The van der Waals surface area contributed by atoms with E-state index in [1.54, 1.807) is 4.90 Å². The van der Waals surface area contributed by atoms with Crippen LogP contribution in [0, 0.1) is 0 Å². The summed E-state index contributed by atoms with van der Waals surface area (Å²) in [5.41, 5.74) is 2.75. The van der Waals surface area contributed by atoms with Crippen LogP contribution in [0.15, 0.2) is 30.9 Å². The number of hydrogen-bond acceptors (Lipinski definition) is 5. The number of amides is 3. The third kappa shape index (κ3) is 3.47. The Balaban J connectivity index is 1.46. The number of hydrogen-bond donors (Lipinski definition) is 3. The Labute approximate surface area is 164 Å². The molecule has 0 radical (unpaired) electrons. The van der Waals surface area contributed by atoms with Crippen molar-refractivity contribution in [3.05, 3.63) is 47.5 Å². The maximum absolute atomic E-state index is 12.8. The molecule has 7 heteroatoms. The van der Waals surface area contributed by atoms with Crippen LogP contribution >= 0.6 is 0 Å². The van der Waals surface area contributed by atoms with Crippen molar-refractivity contribution in [1.82, 2.24) is 20.9 Å². The Morgan fingerprint density at radius 1 is 1.32 bits per heavy atom. The summed E-state index contributed by atoms with van der Waals surface area (Å²) < 4.78 is 0. The molecule has 2 saturated heterocycles. The second-order valence-electron chi connectivity index (χ2n) is 7.94. The third-order valence-electron chi connectivity index (χ3n) is 6.03. The molecule has 3 aliphatic heterocycles. The van der Waals surface area contributed by atoms with Crippen molar-refractivity contribution >= 4 is 17.7 Å². The van der Waals surface area contributed by atoms with E-state index in [1.165, 1.54) is 0 Å². The molecule has 3 N–H and O–H groups in total. The number of fused-ring (bicyclic) bond motifs is 1. The molecular weight excluding hydrogens is 356 g/mol. The van der Waals surface area contributed by atoms with Gasteiger partial charge in [-0.15, -0.1) is 6.58 Å². The van der Waals surface area contributed by atoms with E-state index in [9.17, 15) is 14.4 Å². The fourth-order valence-electron chi connectivity index (χ4n) is 4.44. The SMILES string of the molecule is C=CCC1(NCc2ccc3c(c2)CN(C2CCC(=O)NC2=O)C3=O)CCNC1. The van der Waals surface area contributed by atoms with Crippen LogP contribution in [0.3, 0.4) is 0 Å². The molecule has 2 fully saturated rings. The van der Waals surface area contributed by atoms with Crippen LogP contribution in [-0.2, 0) is 22.7 Å². The first kappa shape index (κ1) is 18.8. The first-order chi connectivity index (χ1) is 13.5. The number of nitrogens with one attached hydrogen (secondary N) is 3. The Morgan fingerprint density at radius 2 is 2.18 bits per heavy atom. The van der Waals surface area contributed by atoms with Crippen molar-refractivity contribution in [1.29, 1.82) is 0 Å². The van der Waals surface area contributed by atoms with Crippen molar-refractivity contribution in [2.75, 3.05) is 13.1 Å². The molecule has 0 bridgehead atoms. The van der Waals surface area contributed by atoms with Crippen LogP contribution in [0.2, 0.25) is 0 Å². The fraction of sp³-hybridized carbons (Fsp3) is 0.476. The maximum atomic E-state index is 12.8. The van der Waals surface area contributed by atoms with E-state index in [0.717, 1.165) is 43.6 Å². The van der Waals surface area contributed by atoms with E-state index in [1.807, 2.05) is 18.2 Å². The van der Waals surface area contributed by atoms with Crippen LogP contribution in [0.4, 0.5) is 0 Å². The largest absolute Gasteiger partial charge is 0.322 e. The normalized spacial score (nSPS) is 27.1. The summed E-state index contributed by atoms with van der Waals surface area (Å²) in [6, 6.07) is 5.31. The average molecular weight is 382 g/mol. The fourth-order valence-corrected chi connectivity index (χ4v) is 4.44. The molecule has 4 rings (SSSR count). The topological polar surface area (TPSA) is 90.5 Å². The lowest BCUT2D eigenvalue weighted by Gasteiger charge is -2.29. The molecule has 3 aliphatic rings. The Bertz CT molecular complexity index is 829. The zero-order valence-corrected chi connectivity index (χ0v) is 15.9. The van der Waals surface area contributed by atoms with Crippen LogP contribution in [0.5, 0.6) is 0 Å². The highest BCUT2D eigenvalue weighted by Crippen LogP contribution is 2.28. The van der Waals surface area contributed by atoms with E-state index >= 15 is 0 Å². The second kappa shape index (κ2) is 7.48. The van der Waals surface area contributed by atoms with Crippen LogP contribution in [0.25, 0.3) is 0 Å². The van der Waals surface area contributed by atoms with Gasteiger partial charge in [0.15, 0.2) is 0 Å². The van der Waals surface area contributed by atoms with Gasteiger partial charge in [-0.2, -0.15) is 0 Å². The Morgan fingerprint density at radius 3 is 2.89 bits per heavy atom. The van der Waals surface area contributed by atoms with Gasteiger partial charge in [-0.3, -0.25) is 19.7 Å². The van der Waals surface area contributed by atoms with E-state index in [4.69, 9.17) is 0 Å². The lowest BCUT2D eigenvalue weighted by atomic mass is 9.93. The molecule has 1 aromatic carbocycles. The van der Waals surface area contributed by atoms with Gasteiger partial charge in [0.2, 0.25) is 11.8 Å². The molecule has 28 heavy (non-hydrogen) atoms. The quantitative estimate of drug-likeness (QED) is 0.501. The van der Waals surface area contributed by atoms with Gasteiger partial charge in [0.1, 0.15) is 6.04 Å². The number of piperidine rings is 1. The summed E-state index contributed by atoms with van der Waals surface area (Å²) in [6.45, 7) is 6.93. The smallest absolute Gasteiger partial charge is 0.255 e. The molecule has 0 aliphatic carbocycles. The summed E-state index contributed by atoms with van der Waals surface area (Å²) in [7, 11) is 0. The number of carbonyl (C=O) groups is 3. The van der Waals surface area contributed by atoms with E-state index in [2.05, 4.69) is 28.6 Å². The van der Waals surface area contributed by atoms with Crippen molar-refractivity contribution in [3.8, 4) is 0 Å². The van der Waals surface area contributed by atoms with Crippen LogP contribution in [0.1, 0.15) is 47.2 Å². The van der Waals surface area contributed by atoms with Crippen molar-refractivity contribution in [2.24, 2.45) is 0 Å². The number of imide groups is 1. The zero-order chi connectivity index (χ0) is 19.7. The molecule has 2 unspecified atom stereocenters. The molecule has 0 aromatic heterocycles. The van der Waals surface area contributed by atoms with Crippen molar-refractivity contribution in [3.63, 3.8) is 0 Å². The highest BCUT2D eigenvalue weighted by Gasteiger charge is 2.39. The van der Waals surface area contributed by atoms with Gasteiger partial charge in [0.05, 0.1) is 0 Å². The van der Waals surface area contributed by atoms with Gasteiger partial charge in [-0.1, -0.05) is 18.2 Å². The summed E-state index contributed by atoms with van der Waals surface area (Å²) in [5, 5.41) is 9.41. The third-order valence-corrected chi connectivity index (χ3v) is 6.03. The van der Waals surface area contributed by atoms with Gasteiger partial charge in [-0.25, -0.2) is 0 Å². The monoisotopic (exact) mass is 382 g/mol. The number of benzene rings is 1. The standard InChI is InChI=1S/C21H26N4O3/c1-2-7-21(8-9-22-13-21)23-11-14-3-4-16-15(10-14)12-25(20(16)28)17-5-6-18(26)24-19(17)27/h2-4,10,17,22-23H,1,5-9,11-13H2,(H,24,26,27). The highest BCUT2D eigenvalue weighted by atomic mass is 16.2. The minimum Gasteiger partial charge on any atom is -0.322 e. The van der Waals surface area contributed by atoms with Gasteiger partial charge < -0.3 is 15.5 Å². The minimum absolute atomic E-state index is 0.0370. The van der Waals surface area contributed by atoms with Crippen molar-refractivity contribution in [2.45, 2.75) is 50.4 Å². The molecule has 7 nitrogen and oxygen atoms in total. The van der Waals surface area contributed by atoms with Gasteiger partial charge in [0.25, 0.3) is 5.91 Å². The maximum Gasteiger partial charge on any atom is 0.255 e. The number of rotatable bonds is 6.